The fourth-order valence-electron chi connectivity index (χ4n) is 1.99. The highest BCUT2D eigenvalue weighted by Gasteiger charge is 2.17. The maximum absolute atomic E-state index is 12.0. The molecule has 0 saturated carbocycles. The average Bonchev–Trinajstić information content (AvgIpc) is 2.71. The lowest BCUT2D eigenvalue weighted by atomic mass is 9.91. The lowest BCUT2D eigenvalue weighted by Crippen LogP contribution is -2.04. The zero-order valence-electron chi connectivity index (χ0n) is 9.71. The monoisotopic (exact) mass is 287 g/mol. The number of thiazole rings is 1. The quantitative estimate of drug-likeness (QED) is 0.622. The number of aromatic amines is 1. The van der Waals surface area contributed by atoms with Crippen LogP contribution < -0.4 is 0 Å². The molecule has 2 aromatic rings. The predicted octanol–water partition coefficient (Wildman–Crippen LogP) is 3.65. The molecule has 3 nitrogen and oxygen atoms in total. The first-order valence-electron chi connectivity index (χ1n) is 5.61. The summed E-state index contributed by atoms with van der Waals surface area (Å²) in [7, 11) is 0. The number of allylic oxidation sites excluding steroid dienone is 2. The van der Waals surface area contributed by atoms with Crippen molar-refractivity contribution in [2.45, 2.75) is 0 Å². The van der Waals surface area contributed by atoms with E-state index in [-0.39, 0.29) is 11.7 Å². The Morgan fingerprint density at radius 1 is 1.26 bits per heavy atom. The van der Waals surface area contributed by atoms with Gasteiger partial charge in [-0.15, -0.1) is 11.3 Å². The number of benzene rings is 1. The van der Waals surface area contributed by atoms with Crippen LogP contribution in [0.3, 0.4) is 0 Å². The molecule has 1 aliphatic carbocycles. The van der Waals surface area contributed by atoms with Gasteiger partial charge in [0.15, 0.2) is 9.74 Å². The van der Waals surface area contributed by atoms with Crippen LogP contribution in [0, 0.1) is 3.95 Å². The van der Waals surface area contributed by atoms with E-state index in [2.05, 4.69) is 4.98 Å². The van der Waals surface area contributed by atoms with Crippen LogP contribution in [0.1, 0.15) is 16.0 Å². The summed E-state index contributed by atoms with van der Waals surface area (Å²) in [5, 5.41) is 9.71. The van der Waals surface area contributed by atoms with E-state index in [4.69, 9.17) is 12.2 Å². The van der Waals surface area contributed by atoms with E-state index in [0.717, 1.165) is 11.1 Å². The zero-order valence-corrected chi connectivity index (χ0v) is 11.3. The fourth-order valence-corrected chi connectivity index (χ4v) is 3.02. The van der Waals surface area contributed by atoms with Gasteiger partial charge in [-0.1, -0.05) is 30.3 Å². The third-order valence-electron chi connectivity index (χ3n) is 2.86. The molecule has 1 heterocycles. The van der Waals surface area contributed by atoms with Crippen LogP contribution in [0.25, 0.3) is 17.7 Å². The second kappa shape index (κ2) is 4.60. The van der Waals surface area contributed by atoms with Crippen molar-refractivity contribution in [3.8, 4) is 5.88 Å². The summed E-state index contributed by atoms with van der Waals surface area (Å²) < 4.78 is 0.483. The Hall–Kier alpha value is -1.98. The Labute approximate surface area is 118 Å². The van der Waals surface area contributed by atoms with E-state index < -0.39 is 0 Å². The van der Waals surface area contributed by atoms with Crippen LogP contribution in [-0.2, 0) is 4.79 Å². The highest BCUT2D eigenvalue weighted by Crippen LogP contribution is 2.31. The van der Waals surface area contributed by atoms with Crippen LogP contribution in [0.15, 0.2) is 30.3 Å². The summed E-state index contributed by atoms with van der Waals surface area (Å²) in [6.07, 6.45) is 5.02. The van der Waals surface area contributed by atoms with Crippen LogP contribution in [0.4, 0.5) is 0 Å². The van der Waals surface area contributed by atoms with Gasteiger partial charge in [0.25, 0.3) is 0 Å². The molecule has 0 radical (unpaired) electrons. The fraction of sp³-hybridized carbons (Fsp3) is 0. The number of carbonyl (C=O) groups is 1. The Balaban J connectivity index is 2.19. The molecule has 0 spiro atoms. The normalized spacial score (nSPS) is 15.8. The highest BCUT2D eigenvalue weighted by molar-refractivity contribution is 7.73. The van der Waals surface area contributed by atoms with Crippen molar-refractivity contribution in [3.05, 3.63) is 50.3 Å². The van der Waals surface area contributed by atoms with Crippen molar-refractivity contribution in [2.24, 2.45) is 0 Å². The zero-order chi connectivity index (χ0) is 13.4. The Bertz CT molecular complexity index is 781. The number of hydrogen-bond acceptors (Lipinski definition) is 4. The number of H-pyrrole nitrogens is 1. The Kier molecular flexibility index (Phi) is 2.93. The molecule has 0 amide bonds. The van der Waals surface area contributed by atoms with Crippen molar-refractivity contribution in [1.82, 2.24) is 4.98 Å². The first-order chi connectivity index (χ1) is 9.15. The standard InChI is InChI=1S/C14H9NO2S2/c16-11-6-5-8-3-1-2-4-9(8)10(11)7-12-13(17)15-14(18)19-12/h1-7,17H,(H,15,18)/b10-7-. The Morgan fingerprint density at radius 3 is 2.79 bits per heavy atom. The smallest absolute Gasteiger partial charge is 0.207 e. The molecule has 2 N–H and O–H groups in total. The van der Waals surface area contributed by atoms with Gasteiger partial charge < -0.3 is 10.1 Å². The van der Waals surface area contributed by atoms with Gasteiger partial charge in [-0.3, -0.25) is 4.79 Å². The molecule has 0 aliphatic heterocycles. The molecule has 94 valence electrons. The van der Waals surface area contributed by atoms with Gasteiger partial charge in [-0.05, 0) is 35.5 Å². The van der Waals surface area contributed by atoms with Gasteiger partial charge in [0.05, 0.1) is 4.88 Å². The van der Waals surface area contributed by atoms with Gasteiger partial charge in [0.1, 0.15) is 0 Å². The van der Waals surface area contributed by atoms with Crippen molar-refractivity contribution >= 4 is 47.1 Å². The molecule has 19 heavy (non-hydrogen) atoms. The second-order valence-electron chi connectivity index (χ2n) is 4.07. The number of nitrogens with one attached hydrogen (secondary N) is 1. The summed E-state index contributed by atoms with van der Waals surface area (Å²) in [4.78, 5) is 15.2. The third-order valence-corrected chi connectivity index (χ3v) is 4.03. The first kappa shape index (κ1) is 12.1. The molecular weight excluding hydrogens is 278 g/mol. The summed E-state index contributed by atoms with van der Waals surface area (Å²) >= 11 is 6.21. The van der Waals surface area contributed by atoms with Crippen LogP contribution >= 0.6 is 23.6 Å². The van der Waals surface area contributed by atoms with Crippen LogP contribution in [0.5, 0.6) is 5.88 Å². The number of fused-ring (bicyclic) bond motifs is 1. The largest absolute Gasteiger partial charge is 0.494 e. The number of aromatic nitrogens is 1. The van der Waals surface area contributed by atoms with E-state index in [1.165, 1.54) is 17.4 Å². The lowest BCUT2D eigenvalue weighted by molar-refractivity contribution is -0.109. The van der Waals surface area contributed by atoms with Crippen LogP contribution in [0.2, 0.25) is 0 Å². The highest BCUT2D eigenvalue weighted by atomic mass is 32.1. The third kappa shape index (κ3) is 2.18. The maximum Gasteiger partial charge on any atom is 0.207 e. The first-order valence-corrected chi connectivity index (χ1v) is 6.83. The minimum atomic E-state index is -0.0718. The van der Waals surface area contributed by atoms with Crippen molar-refractivity contribution in [1.29, 1.82) is 0 Å². The van der Waals surface area contributed by atoms with E-state index in [1.54, 1.807) is 12.2 Å². The minimum absolute atomic E-state index is 0.00216. The molecule has 1 aromatic carbocycles. The molecule has 5 heteroatoms. The molecule has 0 saturated heterocycles. The summed E-state index contributed by atoms with van der Waals surface area (Å²) in [6, 6.07) is 7.66. The Morgan fingerprint density at radius 2 is 2.05 bits per heavy atom. The number of rotatable bonds is 1. The van der Waals surface area contributed by atoms with Gasteiger partial charge in [-0.25, -0.2) is 0 Å². The predicted molar refractivity (Wildman–Crippen MR) is 79.5 cm³/mol. The molecular formula is C14H9NO2S2. The molecule has 0 atom stereocenters. The topological polar surface area (TPSA) is 53.1 Å². The summed E-state index contributed by atoms with van der Waals surface area (Å²) in [5.41, 5.74) is 2.43. The molecule has 0 fully saturated rings. The molecule has 1 aliphatic rings. The molecule has 1 aromatic heterocycles. The number of hydrogen-bond donors (Lipinski definition) is 2. The van der Waals surface area contributed by atoms with E-state index in [1.807, 2.05) is 24.3 Å². The van der Waals surface area contributed by atoms with Gasteiger partial charge in [0, 0.05) is 5.57 Å². The number of carbonyl (C=O) groups excluding carboxylic acids is 1. The number of aromatic hydroxyl groups is 1. The van der Waals surface area contributed by atoms with Crippen molar-refractivity contribution < 1.29 is 9.90 Å². The van der Waals surface area contributed by atoms with Crippen molar-refractivity contribution in [2.75, 3.05) is 0 Å². The summed E-state index contributed by atoms with van der Waals surface area (Å²) in [5.74, 6) is -0.0697. The minimum Gasteiger partial charge on any atom is -0.494 e. The molecule has 0 bridgehead atoms. The lowest BCUT2D eigenvalue weighted by Gasteiger charge is -2.12. The van der Waals surface area contributed by atoms with E-state index >= 15 is 0 Å². The average molecular weight is 287 g/mol. The van der Waals surface area contributed by atoms with E-state index in [9.17, 15) is 9.90 Å². The summed E-state index contributed by atoms with van der Waals surface area (Å²) in [6.45, 7) is 0. The SMILES string of the molecule is O=C1C=Cc2ccccc2/C1=C/c1sc(=S)[nH]c1O. The van der Waals surface area contributed by atoms with Gasteiger partial charge >= 0.3 is 0 Å². The maximum atomic E-state index is 12.0. The van der Waals surface area contributed by atoms with Crippen molar-refractivity contribution in [3.63, 3.8) is 0 Å². The molecule has 0 unspecified atom stereocenters. The van der Waals surface area contributed by atoms with Crippen LogP contribution in [-0.4, -0.2) is 15.9 Å². The van der Waals surface area contributed by atoms with Gasteiger partial charge in [-0.2, -0.15) is 0 Å². The van der Waals surface area contributed by atoms with E-state index in [0.29, 0.717) is 14.4 Å². The number of ketones is 1. The van der Waals surface area contributed by atoms with Gasteiger partial charge in [0.2, 0.25) is 5.88 Å². The second-order valence-corrected chi connectivity index (χ2v) is 5.79. The molecule has 3 rings (SSSR count).